The first-order valence-corrected chi connectivity index (χ1v) is 4.66. The van der Waals surface area contributed by atoms with Crippen LogP contribution in [0.15, 0.2) is 0 Å². The summed E-state index contributed by atoms with van der Waals surface area (Å²) in [6.07, 6.45) is 2.96. The Morgan fingerprint density at radius 2 is 2.18 bits per heavy atom. The predicted octanol–water partition coefficient (Wildman–Crippen LogP) is 1.79. The number of rotatable bonds is 7. The molecule has 1 atom stereocenters. The number of aliphatic hydroxyl groups is 1. The van der Waals surface area contributed by atoms with Gasteiger partial charge in [0.1, 0.15) is 0 Å². The lowest BCUT2D eigenvalue weighted by Gasteiger charge is -2.06. The molecule has 0 rings (SSSR count). The molecule has 0 aliphatic carbocycles. The molecule has 0 aromatic rings. The highest BCUT2D eigenvalue weighted by molar-refractivity contribution is 6.18. The van der Waals surface area contributed by atoms with Crippen LogP contribution in [-0.2, 0) is 4.74 Å². The Kier molecular flexibility index (Phi) is 8.47. The van der Waals surface area contributed by atoms with Gasteiger partial charge < -0.3 is 9.84 Å². The summed E-state index contributed by atoms with van der Waals surface area (Å²) in [6.45, 7) is 3.25. The highest BCUT2D eigenvalue weighted by Crippen LogP contribution is 1.95. The Morgan fingerprint density at radius 1 is 1.45 bits per heavy atom. The molecule has 0 spiro atoms. The molecule has 0 aliphatic heterocycles. The van der Waals surface area contributed by atoms with Crippen molar-refractivity contribution in [3.8, 4) is 0 Å². The molecule has 3 heteroatoms. The van der Waals surface area contributed by atoms with E-state index in [0.29, 0.717) is 6.61 Å². The molecule has 0 saturated carbocycles. The fraction of sp³-hybridized carbons (Fsp3) is 1.00. The van der Waals surface area contributed by atoms with Crippen LogP contribution in [0.1, 0.15) is 26.2 Å². The second kappa shape index (κ2) is 8.31. The minimum Gasteiger partial charge on any atom is -0.389 e. The zero-order chi connectivity index (χ0) is 8.53. The topological polar surface area (TPSA) is 29.5 Å². The molecular weight excluding hydrogens is 164 g/mol. The number of aliphatic hydroxyl groups excluding tert-OH is 1. The minimum atomic E-state index is -0.502. The normalized spacial score (nSPS) is 13.4. The zero-order valence-corrected chi connectivity index (χ0v) is 7.81. The second-order valence-corrected chi connectivity index (χ2v) is 2.90. The zero-order valence-electron chi connectivity index (χ0n) is 7.05. The molecule has 0 aliphatic rings. The van der Waals surface area contributed by atoms with Crippen LogP contribution < -0.4 is 0 Å². The summed E-state index contributed by atoms with van der Waals surface area (Å²) in [5, 5.41) is 8.96. The van der Waals surface area contributed by atoms with Crippen molar-refractivity contribution >= 4 is 11.6 Å². The first-order valence-electron chi connectivity index (χ1n) is 4.13. The lowest BCUT2D eigenvalue weighted by Crippen LogP contribution is -2.17. The summed E-state index contributed by atoms with van der Waals surface area (Å²) >= 11 is 5.36. The summed E-state index contributed by atoms with van der Waals surface area (Å²) in [7, 11) is 0. The SMILES string of the molecule is CCCCCOCC(O)CCl. The largest absolute Gasteiger partial charge is 0.389 e. The summed E-state index contributed by atoms with van der Waals surface area (Å²) in [4.78, 5) is 0. The first-order chi connectivity index (χ1) is 5.31. The third-order valence-electron chi connectivity index (χ3n) is 1.38. The Labute approximate surface area is 73.5 Å². The van der Waals surface area contributed by atoms with Gasteiger partial charge in [-0.2, -0.15) is 0 Å². The maximum absolute atomic E-state index is 8.96. The van der Waals surface area contributed by atoms with Crippen LogP contribution in [0.2, 0.25) is 0 Å². The molecule has 0 bridgehead atoms. The van der Waals surface area contributed by atoms with Crippen molar-refractivity contribution in [1.29, 1.82) is 0 Å². The standard InChI is InChI=1S/C8H17ClO2/c1-2-3-4-5-11-7-8(10)6-9/h8,10H,2-7H2,1H3. The summed E-state index contributed by atoms with van der Waals surface area (Å²) in [6, 6.07) is 0. The van der Waals surface area contributed by atoms with Gasteiger partial charge in [0.15, 0.2) is 0 Å². The van der Waals surface area contributed by atoms with Gasteiger partial charge in [-0.15, -0.1) is 11.6 Å². The van der Waals surface area contributed by atoms with Crippen molar-refractivity contribution in [2.75, 3.05) is 19.1 Å². The van der Waals surface area contributed by atoms with E-state index in [-0.39, 0.29) is 5.88 Å². The van der Waals surface area contributed by atoms with Crippen molar-refractivity contribution in [2.24, 2.45) is 0 Å². The Hall–Kier alpha value is 0.210. The average molecular weight is 181 g/mol. The Morgan fingerprint density at radius 3 is 2.73 bits per heavy atom. The van der Waals surface area contributed by atoms with Gasteiger partial charge in [0.2, 0.25) is 0 Å². The van der Waals surface area contributed by atoms with E-state index in [1.807, 2.05) is 0 Å². The van der Waals surface area contributed by atoms with Gasteiger partial charge in [-0.05, 0) is 6.42 Å². The third-order valence-corrected chi connectivity index (χ3v) is 1.74. The molecule has 2 nitrogen and oxygen atoms in total. The third kappa shape index (κ3) is 8.11. The Bertz CT molecular complexity index is 78.5. The predicted molar refractivity (Wildman–Crippen MR) is 47.1 cm³/mol. The fourth-order valence-corrected chi connectivity index (χ4v) is 0.807. The number of hydrogen-bond donors (Lipinski definition) is 1. The molecular formula is C8H17ClO2. The van der Waals surface area contributed by atoms with E-state index >= 15 is 0 Å². The van der Waals surface area contributed by atoms with Gasteiger partial charge in [-0.1, -0.05) is 19.8 Å². The van der Waals surface area contributed by atoms with Gasteiger partial charge in [-0.3, -0.25) is 0 Å². The van der Waals surface area contributed by atoms with Crippen LogP contribution in [0.25, 0.3) is 0 Å². The van der Waals surface area contributed by atoms with Crippen LogP contribution in [0, 0.1) is 0 Å². The lowest BCUT2D eigenvalue weighted by atomic mass is 10.3. The smallest absolute Gasteiger partial charge is 0.0908 e. The summed E-state index contributed by atoms with van der Waals surface area (Å²) < 4.78 is 5.15. The van der Waals surface area contributed by atoms with E-state index in [0.717, 1.165) is 13.0 Å². The number of alkyl halides is 1. The molecule has 1 unspecified atom stereocenters. The van der Waals surface area contributed by atoms with E-state index in [4.69, 9.17) is 21.4 Å². The van der Waals surface area contributed by atoms with Gasteiger partial charge in [0.05, 0.1) is 18.6 Å². The molecule has 0 heterocycles. The molecule has 0 amide bonds. The lowest BCUT2D eigenvalue weighted by molar-refractivity contribution is 0.0463. The van der Waals surface area contributed by atoms with Gasteiger partial charge >= 0.3 is 0 Å². The molecule has 0 aromatic heterocycles. The van der Waals surface area contributed by atoms with E-state index in [9.17, 15) is 0 Å². The monoisotopic (exact) mass is 180 g/mol. The number of halogens is 1. The number of ether oxygens (including phenoxy) is 1. The maximum Gasteiger partial charge on any atom is 0.0908 e. The van der Waals surface area contributed by atoms with E-state index in [2.05, 4.69) is 6.92 Å². The number of unbranched alkanes of at least 4 members (excludes halogenated alkanes) is 2. The van der Waals surface area contributed by atoms with Crippen molar-refractivity contribution in [3.63, 3.8) is 0 Å². The first kappa shape index (κ1) is 11.2. The summed E-state index contributed by atoms with van der Waals surface area (Å²) in [5.41, 5.74) is 0. The molecule has 0 radical (unpaired) electrons. The molecule has 1 N–H and O–H groups in total. The van der Waals surface area contributed by atoms with Crippen molar-refractivity contribution in [3.05, 3.63) is 0 Å². The van der Waals surface area contributed by atoms with Crippen LogP contribution in [0.5, 0.6) is 0 Å². The molecule has 0 saturated heterocycles. The van der Waals surface area contributed by atoms with Crippen LogP contribution in [-0.4, -0.2) is 30.3 Å². The van der Waals surface area contributed by atoms with E-state index in [1.54, 1.807) is 0 Å². The van der Waals surface area contributed by atoms with Crippen molar-refractivity contribution < 1.29 is 9.84 Å². The van der Waals surface area contributed by atoms with Crippen LogP contribution in [0.3, 0.4) is 0 Å². The molecule has 68 valence electrons. The average Bonchev–Trinajstić information content (AvgIpc) is 2.04. The molecule has 11 heavy (non-hydrogen) atoms. The summed E-state index contributed by atoms with van der Waals surface area (Å²) in [5.74, 6) is 0.258. The van der Waals surface area contributed by atoms with E-state index in [1.165, 1.54) is 12.8 Å². The van der Waals surface area contributed by atoms with Gasteiger partial charge in [-0.25, -0.2) is 0 Å². The molecule has 0 aromatic carbocycles. The Balaban J connectivity index is 2.89. The molecule has 0 fully saturated rings. The van der Waals surface area contributed by atoms with Crippen molar-refractivity contribution in [1.82, 2.24) is 0 Å². The fourth-order valence-electron chi connectivity index (χ4n) is 0.718. The second-order valence-electron chi connectivity index (χ2n) is 2.59. The highest BCUT2D eigenvalue weighted by atomic mass is 35.5. The van der Waals surface area contributed by atoms with Crippen LogP contribution in [0.4, 0.5) is 0 Å². The number of hydrogen-bond acceptors (Lipinski definition) is 2. The quantitative estimate of drug-likeness (QED) is 0.478. The van der Waals surface area contributed by atoms with Crippen molar-refractivity contribution in [2.45, 2.75) is 32.3 Å². The highest BCUT2D eigenvalue weighted by Gasteiger charge is 1.99. The van der Waals surface area contributed by atoms with Gasteiger partial charge in [0, 0.05) is 6.61 Å². The minimum absolute atomic E-state index is 0.258. The maximum atomic E-state index is 8.96. The van der Waals surface area contributed by atoms with E-state index < -0.39 is 6.10 Å². The van der Waals surface area contributed by atoms with Crippen LogP contribution >= 0.6 is 11.6 Å². The van der Waals surface area contributed by atoms with Gasteiger partial charge in [0.25, 0.3) is 0 Å².